The molecule has 2 rings (SSSR count). The molecule has 78 valence electrons. The van der Waals surface area contributed by atoms with Gasteiger partial charge >= 0.3 is 0 Å². The summed E-state index contributed by atoms with van der Waals surface area (Å²) in [5.41, 5.74) is 6.76. The molecule has 0 spiro atoms. The number of H-pyrrole nitrogens is 1. The van der Waals surface area contributed by atoms with Crippen molar-refractivity contribution in [2.24, 2.45) is 11.7 Å². The third-order valence-electron chi connectivity index (χ3n) is 3.34. The summed E-state index contributed by atoms with van der Waals surface area (Å²) in [6, 6.07) is 0. The quantitative estimate of drug-likeness (QED) is 0.644. The summed E-state index contributed by atoms with van der Waals surface area (Å²) in [5, 5.41) is 17.4. The molecule has 1 aromatic heterocycles. The lowest BCUT2D eigenvalue weighted by Crippen LogP contribution is -2.40. The largest absolute Gasteiger partial charge is 0.383 e. The predicted molar refractivity (Wildman–Crippen MR) is 53.6 cm³/mol. The minimum Gasteiger partial charge on any atom is -0.383 e. The van der Waals surface area contributed by atoms with Gasteiger partial charge in [0.2, 0.25) is 0 Å². The van der Waals surface area contributed by atoms with Gasteiger partial charge < -0.3 is 10.8 Å². The van der Waals surface area contributed by atoms with E-state index in [1.165, 1.54) is 0 Å². The maximum absolute atomic E-state index is 10.5. The molecule has 0 fully saturated rings. The van der Waals surface area contributed by atoms with Gasteiger partial charge in [0.25, 0.3) is 0 Å². The van der Waals surface area contributed by atoms with E-state index in [2.05, 4.69) is 17.1 Å². The number of hydrogen-bond donors (Lipinski definition) is 3. The number of rotatable bonds is 2. The Morgan fingerprint density at radius 2 is 2.57 bits per heavy atom. The molecule has 0 saturated heterocycles. The van der Waals surface area contributed by atoms with Crippen LogP contribution in [0.3, 0.4) is 0 Å². The Hall–Kier alpha value is -0.870. The van der Waals surface area contributed by atoms with Gasteiger partial charge in [0.15, 0.2) is 0 Å². The van der Waals surface area contributed by atoms with Crippen LogP contribution in [0.25, 0.3) is 0 Å². The molecule has 1 aromatic rings. The average molecular weight is 195 g/mol. The Morgan fingerprint density at radius 3 is 3.29 bits per heavy atom. The topological polar surface area (TPSA) is 74.9 Å². The lowest BCUT2D eigenvalue weighted by molar-refractivity contribution is -0.0371. The molecular weight excluding hydrogens is 178 g/mol. The predicted octanol–water partition coefficient (Wildman–Crippen LogP) is 0.528. The average Bonchev–Trinajstić information content (AvgIpc) is 2.61. The van der Waals surface area contributed by atoms with Crippen molar-refractivity contribution in [2.45, 2.75) is 31.8 Å². The molecule has 14 heavy (non-hydrogen) atoms. The van der Waals surface area contributed by atoms with Crippen LogP contribution in [-0.2, 0) is 12.0 Å². The molecule has 4 N–H and O–H groups in total. The van der Waals surface area contributed by atoms with E-state index >= 15 is 0 Å². The first kappa shape index (κ1) is 9.68. The lowest BCUT2D eigenvalue weighted by atomic mass is 9.74. The Kier molecular flexibility index (Phi) is 2.33. The number of aromatic amines is 1. The maximum Gasteiger partial charge on any atom is 0.110 e. The van der Waals surface area contributed by atoms with Crippen LogP contribution in [0.5, 0.6) is 0 Å². The Balaban J connectivity index is 2.40. The minimum atomic E-state index is -0.793. The van der Waals surface area contributed by atoms with E-state index in [0.717, 1.165) is 24.1 Å². The number of hydrogen-bond acceptors (Lipinski definition) is 3. The minimum absolute atomic E-state index is 0.249. The molecule has 0 bridgehead atoms. The molecule has 2 atom stereocenters. The summed E-state index contributed by atoms with van der Waals surface area (Å²) in [5.74, 6) is 0.249. The third kappa shape index (κ3) is 1.26. The zero-order chi connectivity index (χ0) is 10.2. The van der Waals surface area contributed by atoms with Gasteiger partial charge in [-0.2, -0.15) is 5.10 Å². The molecule has 1 heterocycles. The smallest absolute Gasteiger partial charge is 0.110 e. The number of fused-ring (bicyclic) bond motifs is 1. The first-order valence-corrected chi connectivity index (χ1v) is 5.13. The number of aryl methyl sites for hydroxylation is 1. The highest BCUT2D eigenvalue weighted by Gasteiger charge is 2.40. The first-order valence-electron chi connectivity index (χ1n) is 5.13. The van der Waals surface area contributed by atoms with E-state index in [9.17, 15) is 5.11 Å². The monoisotopic (exact) mass is 195 g/mol. The van der Waals surface area contributed by atoms with Crippen LogP contribution in [0, 0.1) is 5.92 Å². The van der Waals surface area contributed by atoms with Crippen LogP contribution < -0.4 is 5.73 Å². The highest BCUT2D eigenvalue weighted by atomic mass is 16.3. The Morgan fingerprint density at radius 1 is 1.79 bits per heavy atom. The molecule has 0 amide bonds. The maximum atomic E-state index is 10.5. The van der Waals surface area contributed by atoms with Crippen molar-refractivity contribution in [1.82, 2.24) is 10.2 Å². The van der Waals surface area contributed by atoms with Crippen LogP contribution in [0.15, 0.2) is 6.20 Å². The standard InChI is InChI=1S/C10H17N3O/c1-7-2-3-8-6-12-13-9(8)10(7,14)4-5-11/h6-7,14H,2-5,11H2,1H3,(H,12,13). The van der Waals surface area contributed by atoms with Crippen LogP contribution in [0.1, 0.15) is 31.0 Å². The second-order valence-electron chi connectivity index (χ2n) is 4.17. The normalized spacial score (nSPS) is 31.5. The van der Waals surface area contributed by atoms with Crippen molar-refractivity contribution in [2.75, 3.05) is 6.54 Å². The van der Waals surface area contributed by atoms with Gasteiger partial charge in [-0.25, -0.2) is 0 Å². The van der Waals surface area contributed by atoms with Crippen molar-refractivity contribution in [3.05, 3.63) is 17.5 Å². The van der Waals surface area contributed by atoms with Gasteiger partial charge in [-0.05, 0) is 37.3 Å². The van der Waals surface area contributed by atoms with E-state index < -0.39 is 5.60 Å². The highest BCUT2D eigenvalue weighted by molar-refractivity contribution is 5.27. The van der Waals surface area contributed by atoms with E-state index in [4.69, 9.17) is 5.73 Å². The van der Waals surface area contributed by atoms with E-state index in [1.54, 1.807) is 0 Å². The molecule has 1 aliphatic carbocycles. The summed E-state index contributed by atoms with van der Waals surface area (Å²) in [6.45, 7) is 2.57. The van der Waals surface area contributed by atoms with Crippen molar-refractivity contribution < 1.29 is 5.11 Å². The van der Waals surface area contributed by atoms with Crippen molar-refractivity contribution in [3.8, 4) is 0 Å². The first-order chi connectivity index (χ1) is 6.68. The van der Waals surface area contributed by atoms with Crippen LogP contribution in [0.4, 0.5) is 0 Å². The lowest BCUT2D eigenvalue weighted by Gasteiger charge is -2.37. The van der Waals surface area contributed by atoms with Crippen LogP contribution >= 0.6 is 0 Å². The summed E-state index contributed by atoms with van der Waals surface area (Å²) in [6.07, 6.45) is 4.41. The molecule has 0 aromatic carbocycles. The fourth-order valence-corrected chi connectivity index (χ4v) is 2.32. The molecule has 0 radical (unpaired) electrons. The van der Waals surface area contributed by atoms with Gasteiger partial charge in [0.1, 0.15) is 5.60 Å². The van der Waals surface area contributed by atoms with Gasteiger partial charge in [-0.1, -0.05) is 6.92 Å². The summed E-state index contributed by atoms with van der Waals surface area (Å²) >= 11 is 0. The zero-order valence-electron chi connectivity index (χ0n) is 8.45. The summed E-state index contributed by atoms with van der Waals surface area (Å²) < 4.78 is 0. The van der Waals surface area contributed by atoms with E-state index in [1.807, 2.05) is 6.20 Å². The Labute approximate surface area is 83.5 Å². The molecular formula is C10H17N3O. The van der Waals surface area contributed by atoms with Crippen molar-refractivity contribution in [3.63, 3.8) is 0 Å². The number of nitrogens with two attached hydrogens (primary N) is 1. The number of nitrogens with zero attached hydrogens (tertiary/aromatic N) is 1. The fourth-order valence-electron chi connectivity index (χ4n) is 2.32. The van der Waals surface area contributed by atoms with Gasteiger partial charge in [0, 0.05) is 0 Å². The number of aliphatic hydroxyl groups is 1. The van der Waals surface area contributed by atoms with E-state index in [-0.39, 0.29) is 5.92 Å². The summed E-state index contributed by atoms with van der Waals surface area (Å²) in [7, 11) is 0. The van der Waals surface area contributed by atoms with Crippen LogP contribution in [-0.4, -0.2) is 21.8 Å². The SMILES string of the molecule is CC1CCc2cn[nH]c2C1(O)CCN. The molecule has 0 aliphatic heterocycles. The molecule has 2 unspecified atom stereocenters. The highest BCUT2D eigenvalue weighted by Crippen LogP contribution is 2.40. The van der Waals surface area contributed by atoms with Crippen LogP contribution in [0.2, 0.25) is 0 Å². The fraction of sp³-hybridized carbons (Fsp3) is 0.700. The molecule has 1 aliphatic rings. The van der Waals surface area contributed by atoms with Gasteiger partial charge in [-0.15, -0.1) is 0 Å². The van der Waals surface area contributed by atoms with Gasteiger partial charge in [0.05, 0.1) is 11.9 Å². The molecule has 0 saturated carbocycles. The van der Waals surface area contributed by atoms with Crippen molar-refractivity contribution >= 4 is 0 Å². The summed E-state index contributed by atoms with van der Waals surface area (Å²) in [4.78, 5) is 0. The second-order valence-corrected chi connectivity index (χ2v) is 4.17. The molecule has 4 nitrogen and oxygen atoms in total. The van der Waals surface area contributed by atoms with E-state index in [0.29, 0.717) is 13.0 Å². The Bertz CT molecular complexity index is 323. The third-order valence-corrected chi connectivity index (χ3v) is 3.34. The second kappa shape index (κ2) is 3.37. The molecule has 4 heteroatoms. The number of aromatic nitrogens is 2. The van der Waals surface area contributed by atoms with Crippen molar-refractivity contribution in [1.29, 1.82) is 0 Å². The zero-order valence-corrected chi connectivity index (χ0v) is 8.45. The van der Waals surface area contributed by atoms with Gasteiger partial charge in [-0.3, -0.25) is 5.10 Å². The number of nitrogens with one attached hydrogen (secondary N) is 1.